The van der Waals surface area contributed by atoms with Gasteiger partial charge in [0.1, 0.15) is 35.0 Å². The fraction of sp³-hybridized carbons (Fsp3) is 0.118. The Bertz CT molecular complexity index is 1000. The summed E-state index contributed by atoms with van der Waals surface area (Å²) in [7, 11) is -3.62. The Hall–Kier alpha value is -2.84. The molecule has 0 radical (unpaired) electrons. The number of benzene rings is 2. The van der Waals surface area contributed by atoms with Gasteiger partial charge in [-0.15, -0.1) is 0 Å². The number of oxazole rings is 1. The molecule has 4 rings (SSSR count). The third kappa shape index (κ3) is 3.21. The first-order valence-electron chi connectivity index (χ1n) is 7.56. The molecule has 2 aromatic carbocycles. The fourth-order valence-corrected chi connectivity index (χ4v) is 3.66. The number of hydrogen-bond donors (Lipinski definition) is 1. The van der Waals surface area contributed by atoms with E-state index < -0.39 is 10.0 Å². The lowest BCUT2D eigenvalue weighted by molar-refractivity contribution is 0.320. The van der Waals surface area contributed by atoms with Gasteiger partial charge in [0.2, 0.25) is 15.9 Å². The van der Waals surface area contributed by atoms with Crippen molar-refractivity contribution in [3.8, 4) is 28.7 Å². The first kappa shape index (κ1) is 15.7. The number of sulfonamides is 1. The number of rotatable bonds is 3. The maximum absolute atomic E-state index is 12.2. The summed E-state index contributed by atoms with van der Waals surface area (Å²) in [5.74, 6) is 1.72. The molecule has 3 aromatic rings. The van der Waals surface area contributed by atoms with Crippen molar-refractivity contribution in [2.75, 3.05) is 13.2 Å². The molecule has 8 heteroatoms. The van der Waals surface area contributed by atoms with Crippen molar-refractivity contribution in [2.45, 2.75) is 4.90 Å². The number of fused-ring (bicyclic) bond motifs is 1. The Kier molecular flexibility index (Phi) is 3.90. The van der Waals surface area contributed by atoms with E-state index >= 15 is 0 Å². The van der Waals surface area contributed by atoms with E-state index in [1.54, 1.807) is 36.5 Å². The topological polar surface area (TPSA) is 90.7 Å². The van der Waals surface area contributed by atoms with E-state index in [4.69, 9.17) is 13.9 Å². The second-order valence-corrected chi connectivity index (χ2v) is 7.06. The number of ether oxygens (including phenoxy) is 2. The molecule has 0 saturated carbocycles. The van der Waals surface area contributed by atoms with Crippen LogP contribution in [0.4, 0.5) is 0 Å². The van der Waals surface area contributed by atoms with E-state index in [1.807, 2.05) is 6.07 Å². The minimum atomic E-state index is -3.62. The van der Waals surface area contributed by atoms with Gasteiger partial charge in [-0.05, 0) is 30.3 Å². The van der Waals surface area contributed by atoms with E-state index in [2.05, 4.69) is 9.71 Å². The molecular formula is C17H14N2O5S. The van der Waals surface area contributed by atoms with Crippen LogP contribution in [0.3, 0.4) is 0 Å². The van der Waals surface area contributed by atoms with Crippen LogP contribution >= 0.6 is 0 Å². The van der Waals surface area contributed by atoms with Crippen molar-refractivity contribution in [1.29, 1.82) is 0 Å². The molecule has 128 valence electrons. The molecule has 0 saturated heterocycles. The Morgan fingerprint density at radius 2 is 2.00 bits per heavy atom. The summed E-state index contributed by atoms with van der Waals surface area (Å²) in [6.07, 6.45) is 3.06. The Morgan fingerprint density at radius 1 is 1.12 bits per heavy atom. The van der Waals surface area contributed by atoms with Gasteiger partial charge >= 0.3 is 0 Å². The van der Waals surface area contributed by atoms with Crippen molar-refractivity contribution in [2.24, 2.45) is 0 Å². The van der Waals surface area contributed by atoms with Crippen LogP contribution in [-0.2, 0) is 10.0 Å². The molecule has 0 spiro atoms. The number of aromatic nitrogens is 1. The summed E-state index contributed by atoms with van der Waals surface area (Å²) in [6.45, 7) is 0.510. The third-order valence-corrected chi connectivity index (χ3v) is 5.09. The quantitative estimate of drug-likeness (QED) is 0.774. The van der Waals surface area contributed by atoms with Crippen LogP contribution in [0.15, 0.2) is 64.2 Å². The van der Waals surface area contributed by atoms with Gasteiger partial charge in [0, 0.05) is 18.2 Å². The smallest absolute Gasteiger partial charge is 0.244 e. The molecule has 1 aliphatic rings. The largest absolute Gasteiger partial charge is 0.491 e. The second kappa shape index (κ2) is 6.23. The van der Waals surface area contributed by atoms with Crippen molar-refractivity contribution in [3.05, 3.63) is 54.9 Å². The van der Waals surface area contributed by atoms with E-state index in [0.717, 1.165) is 5.56 Å². The van der Waals surface area contributed by atoms with E-state index in [9.17, 15) is 8.42 Å². The second-order valence-electron chi connectivity index (χ2n) is 5.32. The lowest BCUT2D eigenvalue weighted by atomic mass is 10.2. The monoisotopic (exact) mass is 358 g/mol. The van der Waals surface area contributed by atoms with Gasteiger partial charge < -0.3 is 13.9 Å². The van der Waals surface area contributed by atoms with Crippen LogP contribution in [0, 0.1) is 0 Å². The molecule has 0 aliphatic carbocycles. The Labute approximate surface area is 144 Å². The minimum Gasteiger partial charge on any atom is -0.491 e. The van der Waals surface area contributed by atoms with Crippen LogP contribution in [0.1, 0.15) is 0 Å². The number of nitrogens with one attached hydrogen (secondary N) is 1. The SMILES string of the molecule is O=S1(=O)NCCOc2ccc(Oc3cccc(-c4ncco4)c3)cc21. The number of nitrogens with zero attached hydrogens (tertiary/aromatic N) is 1. The molecule has 25 heavy (non-hydrogen) atoms. The van der Waals surface area contributed by atoms with Crippen LogP contribution < -0.4 is 14.2 Å². The van der Waals surface area contributed by atoms with Crippen molar-refractivity contribution >= 4 is 10.0 Å². The normalized spacial score (nSPS) is 15.7. The summed E-state index contributed by atoms with van der Waals surface area (Å²) in [5, 5.41) is 0. The van der Waals surface area contributed by atoms with Gasteiger partial charge in [0.15, 0.2) is 0 Å². The van der Waals surface area contributed by atoms with Gasteiger partial charge in [-0.25, -0.2) is 18.1 Å². The van der Waals surface area contributed by atoms with Crippen molar-refractivity contribution in [1.82, 2.24) is 9.71 Å². The Balaban J connectivity index is 1.66. The van der Waals surface area contributed by atoms with Gasteiger partial charge in [-0.1, -0.05) is 6.07 Å². The molecule has 0 fully saturated rings. The van der Waals surface area contributed by atoms with E-state index in [-0.39, 0.29) is 18.0 Å². The zero-order valence-electron chi connectivity index (χ0n) is 13.0. The van der Waals surface area contributed by atoms with Crippen LogP contribution in [0.2, 0.25) is 0 Å². The molecule has 1 N–H and O–H groups in total. The predicted octanol–water partition coefficient (Wildman–Crippen LogP) is 2.80. The first-order chi connectivity index (χ1) is 12.1. The average molecular weight is 358 g/mol. The number of hydrogen-bond acceptors (Lipinski definition) is 6. The highest BCUT2D eigenvalue weighted by Crippen LogP contribution is 2.32. The standard InChI is InChI=1S/C17H14N2O5S/c20-25(21)16-11-14(4-5-15(16)22-9-7-19-25)24-13-3-1-2-12(10-13)17-18-6-8-23-17/h1-6,8,10-11,19H,7,9H2. The van der Waals surface area contributed by atoms with Gasteiger partial charge in [-0.2, -0.15) is 0 Å². The maximum Gasteiger partial charge on any atom is 0.244 e. The summed E-state index contributed by atoms with van der Waals surface area (Å²) in [5.41, 5.74) is 0.759. The molecule has 1 aliphatic heterocycles. The maximum atomic E-state index is 12.2. The zero-order valence-corrected chi connectivity index (χ0v) is 13.8. The molecule has 0 unspecified atom stereocenters. The lowest BCUT2D eigenvalue weighted by Crippen LogP contribution is -2.24. The molecule has 0 amide bonds. The molecule has 0 bridgehead atoms. The highest BCUT2D eigenvalue weighted by atomic mass is 32.2. The molecule has 1 aromatic heterocycles. The Morgan fingerprint density at radius 3 is 2.84 bits per heavy atom. The first-order valence-corrected chi connectivity index (χ1v) is 9.04. The van der Waals surface area contributed by atoms with E-state index in [1.165, 1.54) is 12.3 Å². The van der Waals surface area contributed by atoms with Crippen LogP contribution in [0.5, 0.6) is 17.2 Å². The van der Waals surface area contributed by atoms with E-state index in [0.29, 0.717) is 23.1 Å². The molecule has 0 atom stereocenters. The van der Waals surface area contributed by atoms with Gasteiger partial charge in [-0.3, -0.25) is 0 Å². The summed E-state index contributed by atoms with van der Waals surface area (Å²) >= 11 is 0. The van der Waals surface area contributed by atoms with Crippen molar-refractivity contribution < 1.29 is 22.3 Å². The zero-order chi connectivity index (χ0) is 17.3. The van der Waals surface area contributed by atoms with Gasteiger partial charge in [0.05, 0.1) is 6.20 Å². The minimum absolute atomic E-state index is 0.0614. The summed E-state index contributed by atoms with van der Waals surface area (Å²) in [6, 6.07) is 11.9. The lowest BCUT2D eigenvalue weighted by Gasteiger charge is -2.10. The van der Waals surface area contributed by atoms with Crippen LogP contribution in [-0.4, -0.2) is 26.6 Å². The highest BCUT2D eigenvalue weighted by Gasteiger charge is 2.23. The molecular weight excluding hydrogens is 344 g/mol. The fourth-order valence-electron chi connectivity index (χ4n) is 2.49. The average Bonchev–Trinajstić information content (AvgIpc) is 3.10. The summed E-state index contributed by atoms with van der Waals surface area (Å²) < 4.78 is 43.5. The third-order valence-electron chi connectivity index (χ3n) is 3.61. The predicted molar refractivity (Wildman–Crippen MR) is 89.1 cm³/mol. The van der Waals surface area contributed by atoms with Crippen molar-refractivity contribution in [3.63, 3.8) is 0 Å². The van der Waals surface area contributed by atoms with Gasteiger partial charge in [0.25, 0.3) is 0 Å². The molecule has 7 nitrogen and oxygen atoms in total. The van der Waals surface area contributed by atoms with Crippen LogP contribution in [0.25, 0.3) is 11.5 Å². The highest BCUT2D eigenvalue weighted by molar-refractivity contribution is 7.89. The molecule has 2 heterocycles. The summed E-state index contributed by atoms with van der Waals surface area (Å²) in [4.78, 5) is 4.16.